The Hall–Kier alpha value is -1.69. The highest BCUT2D eigenvalue weighted by Crippen LogP contribution is 2.41. The van der Waals surface area contributed by atoms with E-state index < -0.39 is 0 Å². The van der Waals surface area contributed by atoms with Gasteiger partial charge in [0.05, 0.1) is 5.60 Å². The van der Waals surface area contributed by atoms with E-state index in [0.717, 1.165) is 51.8 Å². The molecule has 1 aromatic rings. The zero-order valence-electron chi connectivity index (χ0n) is 14.3. The maximum Gasteiger partial charge on any atom is 0.225 e. The molecule has 1 spiro atoms. The summed E-state index contributed by atoms with van der Waals surface area (Å²) in [6, 6.07) is 2.16. The van der Waals surface area contributed by atoms with Crippen molar-refractivity contribution >= 4 is 11.9 Å². The fourth-order valence-electron chi connectivity index (χ4n) is 4.09. The molecule has 3 aliphatic rings. The molecule has 1 aliphatic carbocycles. The predicted octanol–water partition coefficient (Wildman–Crippen LogP) is 2.08. The van der Waals surface area contributed by atoms with Gasteiger partial charge >= 0.3 is 0 Å². The molecule has 0 radical (unpaired) electrons. The number of ether oxygens (including phenoxy) is 1. The lowest BCUT2D eigenvalue weighted by atomic mass is 9.82. The van der Waals surface area contributed by atoms with E-state index in [1.54, 1.807) is 12.4 Å². The topological polar surface area (TPSA) is 67.4 Å². The van der Waals surface area contributed by atoms with Crippen molar-refractivity contribution in [2.75, 3.05) is 25.0 Å². The average molecular weight is 330 g/mol. The van der Waals surface area contributed by atoms with Crippen molar-refractivity contribution in [2.45, 2.75) is 50.7 Å². The smallest absolute Gasteiger partial charge is 0.225 e. The van der Waals surface area contributed by atoms with Crippen LogP contribution >= 0.6 is 0 Å². The van der Waals surface area contributed by atoms with Crippen LogP contribution in [0.2, 0.25) is 0 Å². The lowest BCUT2D eigenvalue weighted by Gasteiger charge is -2.46. The number of likely N-dealkylation sites (tertiary alicyclic amines) is 1. The van der Waals surface area contributed by atoms with Gasteiger partial charge in [-0.1, -0.05) is 6.92 Å². The van der Waals surface area contributed by atoms with Crippen molar-refractivity contribution in [2.24, 2.45) is 11.8 Å². The van der Waals surface area contributed by atoms with Gasteiger partial charge in [0.1, 0.15) is 0 Å². The van der Waals surface area contributed by atoms with Crippen LogP contribution in [0.5, 0.6) is 0 Å². The Morgan fingerprint density at radius 2 is 2.04 bits per heavy atom. The molecule has 6 heteroatoms. The lowest BCUT2D eigenvalue weighted by Crippen LogP contribution is -2.53. The number of rotatable bonds is 3. The number of amides is 1. The van der Waals surface area contributed by atoms with Gasteiger partial charge in [-0.2, -0.15) is 0 Å². The fraction of sp³-hybridized carbons (Fsp3) is 0.722. The minimum atomic E-state index is -0.0867. The summed E-state index contributed by atoms with van der Waals surface area (Å²) in [5.41, 5.74) is -0.0867. The van der Waals surface area contributed by atoms with Crippen molar-refractivity contribution < 1.29 is 9.53 Å². The number of carbonyl (C=O) groups excluding carboxylic acids is 1. The third-order valence-corrected chi connectivity index (χ3v) is 5.80. The molecule has 2 saturated heterocycles. The minimum absolute atomic E-state index is 0.0867. The zero-order chi connectivity index (χ0) is 16.6. The summed E-state index contributed by atoms with van der Waals surface area (Å²) < 4.78 is 6.18. The standard InChI is InChI=1S/C18H26N4O2/c1-13-11-15(13)16(23)22-8-4-18(5-9-22)12-14(3-10-24-18)21-17-19-6-2-7-20-17/h2,6-7,13-15H,3-5,8-12H2,1H3,(H,19,20,21)/t13-,14+,15-/m1/s1. The van der Waals surface area contributed by atoms with Crippen LogP contribution in [-0.4, -0.2) is 52.1 Å². The van der Waals surface area contributed by atoms with Gasteiger partial charge < -0.3 is 15.0 Å². The van der Waals surface area contributed by atoms with Gasteiger partial charge in [0.2, 0.25) is 11.9 Å². The van der Waals surface area contributed by atoms with Crippen LogP contribution < -0.4 is 5.32 Å². The largest absolute Gasteiger partial charge is 0.375 e. The van der Waals surface area contributed by atoms with Crippen LogP contribution in [-0.2, 0) is 9.53 Å². The second kappa shape index (κ2) is 6.31. The summed E-state index contributed by atoms with van der Waals surface area (Å²) >= 11 is 0. The minimum Gasteiger partial charge on any atom is -0.375 e. The first-order chi connectivity index (χ1) is 11.7. The molecule has 0 bridgehead atoms. The Bertz CT molecular complexity index is 586. The molecule has 0 unspecified atom stereocenters. The molecule has 2 aliphatic heterocycles. The lowest BCUT2D eigenvalue weighted by molar-refractivity contribution is -0.144. The second-order valence-electron chi connectivity index (χ2n) is 7.58. The van der Waals surface area contributed by atoms with E-state index in [1.807, 2.05) is 6.07 Å². The number of piperidine rings is 1. The Labute approximate surface area is 143 Å². The van der Waals surface area contributed by atoms with Crippen molar-refractivity contribution in [1.29, 1.82) is 0 Å². The van der Waals surface area contributed by atoms with Gasteiger partial charge in [0.25, 0.3) is 0 Å². The van der Waals surface area contributed by atoms with Crippen molar-refractivity contribution in [3.63, 3.8) is 0 Å². The maximum absolute atomic E-state index is 12.4. The number of aromatic nitrogens is 2. The van der Waals surface area contributed by atoms with Crippen molar-refractivity contribution in [1.82, 2.24) is 14.9 Å². The number of nitrogens with zero attached hydrogens (tertiary/aromatic N) is 3. The molecule has 130 valence electrons. The van der Waals surface area contributed by atoms with E-state index in [0.29, 0.717) is 23.8 Å². The van der Waals surface area contributed by atoms with Gasteiger partial charge in [-0.25, -0.2) is 9.97 Å². The molecular formula is C18H26N4O2. The van der Waals surface area contributed by atoms with E-state index in [-0.39, 0.29) is 11.5 Å². The van der Waals surface area contributed by atoms with Crippen LogP contribution in [0.4, 0.5) is 5.95 Å². The number of nitrogens with one attached hydrogen (secondary N) is 1. The average Bonchev–Trinajstić information content (AvgIpc) is 3.33. The molecule has 1 amide bonds. The molecule has 1 aromatic heterocycles. The highest BCUT2D eigenvalue weighted by molar-refractivity contribution is 5.81. The van der Waals surface area contributed by atoms with Gasteiger partial charge in [0.15, 0.2) is 0 Å². The zero-order valence-corrected chi connectivity index (χ0v) is 14.3. The van der Waals surface area contributed by atoms with Gasteiger partial charge in [-0.15, -0.1) is 0 Å². The molecular weight excluding hydrogens is 304 g/mol. The Morgan fingerprint density at radius 3 is 2.71 bits per heavy atom. The highest BCUT2D eigenvalue weighted by Gasteiger charge is 2.45. The normalized spacial score (nSPS) is 31.7. The summed E-state index contributed by atoms with van der Waals surface area (Å²) in [5, 5.41) is 3.44. The van der Waals surface area contributed by atoms with Crippen LogP contribution in [0, 0.1) is 11.8 Å². The molecule has 3 atom stereocenters. The number of carbonyl (C=O) groups is 1. The van der Waals surface area contributed by atoms with E-state index >= 15 is 0 Å². The third kappa shape index (κ3) is 3.24. The molecule has 3 fully saturated rings. The Kier molecular flexibility index (Phi) is 4.16. The molecule has 0 aromatic carbocycles. The summed E-state index contributed by atoms with van der Waals surface area (Å²) in [4.78, 5) is 23.0. The third-order valence-electron chi connectivity index (χ3n) is 5.80. The van der Waals surface area contributed by atoms with Crippen LogP contribution in [0.3, 0.4) is 0 Å². The van der Waals surface area contributed by atoms with E-state index in [4.69, 9.17) is 4.74 Å². The van der Waals surface area contributed by atoms with E-state index in [1.165, 1.54) is 0 Å². The SMILES string of the molecule is C[C@@H]1C[C@H]1C(=O)N1CCC2(CC1)C[C@@H](Nc1ncccn1)CCO2. The first-order valence-electron chi connectivity index (χ1n) is 9.11. The molecule has 6 nitrogen and oxygen atoms in total. The summed E-state index contributed by atoms with van der Waals surface area (Å²) in [6.45, 7) is 4.59. The summed E-state index contributed by atoms with van der Waals surface area (Å²) in [6.07, 6.45) is 8.40. The Morgan fingerprint density at radius 1 is 1.33 bits per heavy atom. The van der Waals surface area contributed by atoms with Crippen LogP contribution in [0.25, 0.3) is 0 Å². The highest BCUT2D eigenvalue weighted by atomic mass is 16.5. The fourth-order valence-corrected chi connectivity index (χ4v) is 4.09. The predicted molar refractivity (Wildman–Crippen MR) is 90.4 cm³/mol. The van der Waals surface area contributed by atoms with Crippen LogP contribution in [0.15, 0.2) is 18.5 Å². The molecule has 24 heavy (non-hydrogen) atoms. The summed E-state index contributed by atoms with van der Waals surface area (Å²) in [5.74, 6) is 1.92. The van der Waals surface area contributed by atoms with Crippen molar-refractivity contribution in [3.05, 3.63) is 18.5 Å². The molecule has 4 rings (SSSR count). The summed E-state index contributed by atoms with van der Waals surface area (Å²) in [7, 11) is 0. The number of anilines is 1. The number of hydrogen-bond acceptors (Lipinski definition) is 5. The molecule has 1 saturated carbocycles. The monoisotopic (exact) mass is 330 g/mol. The quantitative estimate of drug-likeness (QED) is 0.919. The van der Waals surface area contributed by atoms with E-state index in [2.05, 4.69) is 27.1 Å². The first-order valence-corrected chi connectivity index (χ1v) is 9.11. The van der Waals surface area contributed by atoms with Gasteiger partial charge in [0, 0.05) is 44.0 Å². The van der Waals surface area contributed by atoms with Crippen LogP contribution in [0.1, 0.15) is 39.0 Å². The van der Waals surface area contributed by atoms with Crippen molar-refractivity contribution in [3.8, 4) is 0 Å². The van der Waals surface area contributed by atoms with E-state index in [9.17, 15) is 4.79 Å². The molecule has 3 heterocycles. The van der Waals surface area contributed by atoms with Gasteiger partial charge in [-0.3, -0.25) is 4.79 Å². The molecule has 1 N–H and O–H groups in total. The number of hydrogen-bond donors (Lipinski definition) is 1. The van der Waals surface area contributed by atoms with Gasteiger partial charge in [-0.05, 0) is 44.1 Å². The first kappa shape index (κ1) is 15.8. The Balaban J connectivity index is 1.33. The maximum atomic E-state index is 12.4. The second-order valence-corrected chi connectivity index (χ2v) is 7.58.